The maximum atomic E-state index is 12.4. The summed E-state index contributed by atoms with van der Waals surface area (Å²) in [6.07, 6.45) is -1.67. The molecule has 2 aromatic rings. The van der Waals surface area contributed by atoms with Gasteiger partial charge in [-0.2, -0.15) is 0 Å². The molecule has 9 heteroatoms. The summed E-state index contributed by atoms with van der Waals surface area (Å²) in [5.41, 5.74) is 1.49. The zero-order valence-electron chi connectivity index (χ0n) is 16.7. The predicted octanol–water partition coefficient (Wildman–Crippen LogP) is 2.43. The molecule has 2 aromatic carbocycles. The van der Waals surface area contributed by atoms with Crippen molar-refractivity contribution in [2.24, 2.45) is 0 Å². The van der Waals surface area contributed by atoms with Crippen LogP contribution in [0.4, 0.5) is 4.79 Å². The number of carboxylic acid groups (broad SMARTS) is 1. The van der Waals surface area contributed by atoms with Crippen LogP contribution in [0.5, 0.6) is 0 Å². The summed E-state index contributed by atoms with van der Waals surface area (Å²) >= 11 is 0. The number of alkyl carbamates (subject to hydrolysis) is 1. The van der Waals surface area contributed by atoms with Crippen LogP contribution in [0.3, 0.4) is 0 Å². The normalized spacial score (nSPS) is 11.1. The van der Waals surface area contributed by atoms with Gasteiger partial charge in [0.25, 0.3) is 0 Å². The fourth-order valence-electron chi connectivity index (χ4n) is 2.36. The van der Waals surface area contributed by atoms with Crippen molar-refractivity contribution >= 4 is 24.0 Å². The summed E-state index contributed by atoms with van der Waals surface area (Å²) < 4.78 is 15.2. The van der Waals surface area contributed by atoms with Gasteiger partial charge in [-0.25, -0.2) is 9.59 Å². The van der Waals surface area contributed by atoms with E-state index in [9.17, 15) is 19.2 Å². The highest BCUT2D eigenvalue weighted by atomic mass is 16.6. The van der Waals surface area contributed by atoms with Gasteiger partial charge < -0.3 is 24.6 Å². The van der Waals surface area contributed by atoms with Crippen LogP contribution >= 0.6 is 0 Å². The quantitative estimate of drug-likeness (QED) is 0.412. The molecule has 0 bridgehead atoms. The van der Waals surface area contributed by atoms with Crippen molar-refractivity contribution in [3.8, 4) is 0 Å². The zero-order chi connectivity index (χ0) is 22.5. The number of carboxylic acids is 1. The molecule has 0 aliphatic rings. The van der Waals surface area contributed by atoms with Gasteiger partial charge in [0.15, 0.2) is 6.04 Å². The topological polar surface area (TPSA) is 128 Å². The monoisotopic (exact) mass is 429 g/mol. The lowest BCUT2D eigenvalue weighted by molar-refractivity contribution is -0.154. The second-order valence-electron chi connectivity index (χ2n) is 6.43. The van der Waals surface area contributed by atoms with E-state index in [2.05, 4.69) is 5.32 Å². The molecular weight excluding hydrogens is 406 g/mol. The Morgan fingerprint density at radius 2 is 1.32 bits per heavy atom. The van der Waals surface area contributed by atoms with Gasteiger partial charge in [-0.3, -0.25) is 9.59 Å². The first-order valence-corrected chi connectivity index (χ1v) is 9.49. The summed E-state index contributed by atoms with van der Waals surface area (Å²) in [6, 6.07) is 16.5. The molecule has 0 radical (unpaired) electrons. The molecule has 0 fully saturated rings. The van der Waals surface area contributed by atoms with Gasteiger partial charge in [0.05, 0.1) is 12.8 Å². The highest BCUT2D eigenvalue weighted by Gasteiger charge is 2.25. The molecule has 9 nitrogen and oxygen atoms in total. The number of carbonyl (C=O) groups excluding carboxylic acids is 3. The van der Waals surface area contributed by atoms with E-state index in [1.54, 1.807) is 48.5 Å². The van der Waals surface area contributed by atoms with Crippen molar-refractivity contribution in [3.63, 3.8) is 0 Å². The van der Waals surface area contributed by atoms with Gasteiger partial charge in [0, 0.05) is 0 Å². The van der Waals surface area contributed by atoms with Gasteiger partial charge in [-0.05, 0) is 11.1 Å². The van der Waals surface area contributed by atoms with E-state index in [0.29, 0.717) is 0 Å². The number of nitrogens with one attached hydrogen (secondary N) is 1. The number of rotatable bonds is 11. The minimum absolute atomic E-state index is 0.0170. The van der Waals surface area contributed by atoms with Gasteiger partial charge in [-0.15, -0.1) is 0 Å². The number of esters is 2. The van der Waals surface area contributed by atoms with Gasteiger partial charge in [0.1, 0.15) is 19.8 Å². The lowest BCUT2D eigenvalue weighted by Crippen LogP contribution is -2.45. The third-order valence-electron chi connectivity index (χ3n) is 3.97. The summed E-state index contributed by atoms with van der Waals surface area (Å²) in [4.78, 5) is 46.8. The van der Waals surface area contributed by atoms with Crippen LogP contribution in [0.25, 0.3) is 0 Å². The standard InChI is InChI=1S/C22H23NO8/c24-19(25)11-12-20(26)29-15-18(21(27)30-13-16-7-3-1-4-8-16)23-22(28)31-14-17-9-5-2-6-10-17/h1-10,18H,11-15H2,(H,23,28)(H,24,25)/t18-/m0/s1. The molecule has 0 aliphatic carbocycles. The fraction of sp³-hybridized carbons (Fsp3) is 0.273. The number of ether oxygens (including phenoxy) is 3. The second-order valence-corrected chi connectivity index (χ2v) is 6.43. The highest BCUT2D eigenvalue weighted by Crippen LogP contribution is 2.05. The van der Waals surface area contributed by atoms with Crippen LogP contribution < -0.4 is 5.32 Å². The van der Waals surface area contributed by atoms with Crippen molar-refractivity contribution in [2.75, 3.05) is 6.61 Å². The Morgan fingerprint density at radius 1 is 0.774 bits per heavy atom. The Labute approximate surface area is 178 Å². The third-order valence-corrected chi connectivity index (χ3v) is 3.97. The molecule has 0 aromatic heterocycles. The molecule has 0 aliphatic heterocycles. The Balaban J connectivity index is 1.91. The van der Waals surface area contributed by atoms with Crippen molar-refractivity contribution in [2.45, 2.75) is 32.1 Å². The van der Waals surface area contributed by atoms with E-state index in [1.807, 2.05) is 12.1 Å². The SMILES string of the molecule is O=C(O)CCC(=O)OC[C@H](NC(=O)OCc1ccccc1)C(=O)OCc1ccccc1. The molecule has 0 saturated heterocycles. The van der Waals surface area contributed by atoms with E-state index in [4.69, 9.17) is 19.3 Å². The summed E-state index contributed by atoms with van der Waals surface area (Å²) in [5, 5.41) is 10.9. The molecule has 164 valence electrons. The summed E-state index contributed by atoms with van der Waals surface area (Å²) in [6.45, 7) is -0.576. The first kappa shape index (κ1) is 23.4. The minimum atomic E-state index is -1.32. The van der Waals surface area contributed by atoms with Crippen molar-refractivity contribution in [3.05, 3.63) is 71.8 Å². The van der Waals surface area contributed by atoms with Gasteiger partial charge in [0.2, 0.25) is 0 Å². The number of carbonyl (C=O) groups is 4. The zero-order valence-corrected chi connectivity index (χ0v) is 16.7. The maximum absolute atomic E-state index is 12.4. The third kappa shape index (κ3) is 9.44. The van der Waals surface area contributed by atoms with Crippen LogP contribution in [-0.4, -0.2) is 41.8 Å². The Bertz CT molecular complexity index is 870. The highest BCUT2D eigenvalue weighted by molar-refractivity contribution is 5.82. The van der Waals surface area contributed by atoms with Crippen LogP contribution in [0.15, 0.2) is 60.7 Å². The van der Waals surface area contributed by atoms with E-state index in [1.165, 1.54) is 0 Å². The largest absolute Gasteiger partial charge is 0.481 e. The van der Waals surface area contributed by atoms with Crippen molar-refractivity contribution in [1.29, 1.82) is 0 Å². The Morgan fingerprint density at radius 3 is 1.87 bits per heavy atom. The van der Waals surface area contributed by atoms with Crippen molar-refractivity contribution in [1.82, 2.24) is 5.32 Å². The number of hydrogen-bond acceptors (Lipinski definition) is 7. The molecule has 0 heterocycles. The molecule has 1 amide bonds. The average Bonchev–Trinajstić information content (AvgIpc) is 2.78. The van der Waals surface area contributed by atoms with E-state index in [-0.39, 0.29) is 19.6 Å². The smallest absolute Gasteiger partial charge is 0.408 e. The fourth-order valence-corrected chi connectivity index (χ4v) is 2.36. The van der Waals surface area contributed by atoms with Gasteiger partial charge in [-0.1, -0.05) is 60.7 Å². The number of amides is 1. The van der Waals surface area contributed by atoms with E-state index < -0.39 is 43.1 Å². The van der Waals surface area contributed by atoms with Crippen LogP contribution in [0.2, 0.25) is 0 Å². The lowest BCUT2D eigenvalue weighted by Gasteiger charge is -2.18. The molecule has 0 unspecified atom stereocenters. The average molecular weight is 429 g/mol. The number of benzene rings is 2. The molecule has 0 spiro atoms. The van der Waals surface area contributed by atoms with Crippen LogP contribution in [0.1, 0.15) is 24.0 Å². The van der Waals surface area contributed by atoms with Crippen LogP contribution in [0, 0.1) is 0 Å². The molecule has 31 heavy (non-hydrogen) atoms. The molecule has 2 rings (SSSR count). The number of aliphatic carboxylic acids is 1. The predicted molar refractivity (Wildman–Crippen MR) is 108 cm³/mol. The molecule has 0 saturated carbocycles. The molecule has 2 N–H and O–H groups in total. The Hall–Kier alpha value is -3.88. The van der Waals surface area contributed by atoms with E-state index >= 15 is 0 Å². The maximum Gasteiger partial charge on any atom is 0.408 e. The number of hydrogen-bond donors (Lipinski definition) is 2. The van der Waals surface area contributed by atoms with Crippen molar-refractivity contribution < 1.29 is 38.5 Å². The summed E-state index contributed by atoms with van der Waals surface area (Å²) in [7, 11) is 0. The van der Waals surface area contributed by atoms with E-state index in [0.717, 1.165) is 11.1 Å². The second kappa shape index (κ2) is 12.6. The van der Waals surface area contributed by atoms with Crippen LogP contribution in [-0.2, 0) is 41.8 Å². The van der Waals surface area contributed by atoms with Gasteiger partial charge >= 0.3 is 24.0 Å². The molecule has 1 atom stereocenters. The minimum Gasteiger partial charge on any atom is -0.481 e. The summed E-state index contributed by atoms with van der Waals surface area (Å²) in [5.74, 6) is -2.80. The lowest BCUT2D eigenvalue weighted by atomic mass is 10.2. The first-order valence-electron chi connectivity index (χ1n) is 9.49. The first-order chi connectivity index (χ1) is 14.9. The Kier molecular flexibility index (Phi) is 9.54. The molecular formula is C22H23NO8.